The summed E-state index contributed by atoms with van der Waals surface area (Å²) < 4.78 is 0. The molecule has 12 heavy (non-hydrogen) atoms. The van der Waals surface area contributed by atoms with Crippen molar-refractivity contribution in [1.82, 2.24) is 0 Å². The lowest BCUT2D eigenvalue weighted by Crippen LogP contribution is -2.11. The first-order valence-corrected chi connectivity index (χ1v) is 4.21. The van der Waals surface area contributed by atoms with E-state index in [0.29, 0.717) is 0 Å². The predicted molar refractivity (Wildman–Crippen MR) is 54.6 cm³/mol. The molecule has 0 heterocycles. The van der Waals surface area contributed by atoms with E-state index < -0.39 is 0 Å². The van der Waals surface area contributed by atoms with Crippen LogP contribution >= 0.6 is 0 Å². The second-order valence-electron chi connectivity index (χ2n) is 3.14. The fraction of sp³-hybridized carbons (Fsp3) is 0.400. The average molecular weight is 164 g/mol. The number of anilines is 2. The van der Waals surface area contributed by atoms with Gasteiger partial charge < -0.3 is 10.6 Å². The lowest BCUT2D eigenvalue weighted by Gasteiger charge is -2.15. The summed E-state index contributed by atoms with van der Waals surface area (Å²) in [7, 11) is 3.99. The van der Waals surface area contributed by atoms with Gasteiger partial charge in [0.25, 0.3) is 0 Å². The van der Waals surface area contributed by atoms with Crippen LogP contribution in [0, 0.1) is 0 Å². The Kier molecular flexibility index (Phi) is 2.58. The zero-order chi connectivity index (χ0) is 9.14. The van der Waals surface area contributed by atoms with Crippen molar-refractivity contribution < 1.29 is 0 Å². The number of hydrogen-bond donors (Lipinski definition) is 1. The summed E-state index contributed by atoms with van der Waals surface area (Å²) in [4.78, 5) is 2.02. The second-order valence-corrected chi connectivity index (χ2v) is 3.14. The third-order valence-electron chi connectivity index (χ3n) is 1.98. The molecule has 0 bridgehead atoms. The highest BCUT2D eigenvalue weighted by Gasteiger charge is 2.00. The molecule has 0 saturated carbocycles. The normalized spacial score (nSPS) is 9.92. The van der Waals surface area contributed by atoms with Crippen molar-refractivity contribution in [3.63, 3.8) is 0 Å². The van der Waals surface area contributed by atoms with Crippen molar-refractivity contribution in [2.24, 2.45) is 0 Å². The summed E-state index contributed by atoms with van der Waals surface area (Å²) >= 11 is 0. The molecule has 1 aromatic rings. The van der Waals surface area contributed by atoms with E-state index in [9.17, 15) is 0 Å². The minimum Gasteiger partial charge on any atom is -0.397 e. The van der Waals surface area contributed by atoms with Crippen LogP contribution in [0.15, 0.2) is 18.2 Å². The maximum absolute atomic E-state index is 5.86. The van der Waals surface area contributed by atoms with Crippen LogP contribution in [0.1, 0.15) is 12.5 Å². The molecule has 0 amide bonds. The molecular formula is C10H16N2. The Morgan fingerprint density at radius 3 is 2.42 bits per heavy atom. The number of nitrogens with zero attached hydrogens (tertiary/aromatic N) is 1. The largest absolute Gasteiger partial charge is 0.397 e. The van der Waals surface area contributed by atoms with Crippen LogP contribution < -0.4 is 10.6 Å². The third-order valence-corrected chi connectivity index (χ3v) is 1.98. The molecule has 2 heteroatoms. The van der Waals surface area contributed by atoms with Gasteiger partial charge in [0.15, 0.2) is 0 Å². The number of nitrogen functional groups attached to an aromatic ring is 1. The van der Waals surface area contributed by atoms with Gasteiger partial charge in [-0.3, -0.25) is 0 Å². The Bertz CT molecular complexity index is 267. The average Bonchev–Trinajstić information content (AvgIpc) is 2.03. The molecule has 0 aliphatic carbocycles. The molecule has 1 aromatic carbocycles. The van der Waals surface area contributed by atoms with Gasteiger partial charge in [-0.25, -0.2) is 0 Å². The van der Waals surface area contributed by atoms with Gasteiger partial charge in [-0.2, -0.15) is 0 Å². The molecule has 0 aromatic heterocycles. The summed E-state index contributed by atoms with van der Waals surface area (Å²) in [6.07, 6.45) is 1.04. The molecule has 0 saturated heterocycles. The van der Waals surface area contributed by atoms with Gasteiger partial charge in [0.1, 0.15) is 0 Å². The fourth-order valence-corrected chi connectivity index (χ4v) is 1.23. The van der Waals surface area contributed by atoms with Crippen molar-refractivity contribution in [1.29, 1.82) is 0 Å². The number of hydrogen-bond acceptors (Lipinski definition) is 2. The summed E-state index contributed by atoms with van der Waals surface area (Å²) in [5.74, 6) is 0. The molecule has 1 rings (SSSR count). The first-order chi connectivity index (χ1) is 5.65. The quantitative estimate of drug-likeness (QED) is 0.676. The third kappa shape index (κ3) is 1.70. The maximum Gasteiger partial charge on any atom is 0.0594 e. The van der Waals surface area contributed by atoms with E-state index in [4.69, 9.17) is 5.73 Å². The Hall–Kier alpha value is -1.18. The number of aryl methyl sites for hydroxylation is 1. The van der Waals surface area contributed by atoms with Crippen molar-refractivity contribution in [3.05, 3.63) is 23.8 Å². The van der Waals surface area contributed by atoms with E-state index in [-0.39, 0.29) is 0 Å². The van der Waals surface area contributed by atoms with Crippen LogP contribution in [-0.4, -0.2) is 14.1 Å². The molecule has 0 fully saturated rings. The van der Waals surface area contributed by atoms with Crippen molar-refractivity contribution >= 4 is 11.4 Å². The molecule has 2 N–H and O–H groups in total. The smallest absolute Gasteiger partial charge is 0.0594 e. The van der Waals surface area contributed by atoms with Crippen molar-refractivity contribution in [3.8, 4) is 0 Å². The maximum atomic E-state index is 5.86. The Labute approximate surface area is 74.0 Å². The molecule has 0 radical (unpaired) electrons. The summed E-state index contributed by atoms with van der Waals surface area (Å²) in [5.41, 5.74) is 9.10. The van der Waals surface area contributed by atoms with E-state index in [1.165, 1.54) is 5.56 Å². The topological polar surface area (TPSA) is 29.3 Å². The highest BCUT2D eigenvalue weighted by molar-refractivity contribution is 5.67. The highest BCUT2D eigenvalue weighted by atomic mass is 15.1. The van der Waals surface area contributed by atoms with Crippen molar-refractivity contribution in [2.45, 2.75) is 13.3 Å². The summed E-state index contributed by atoms with van der Waals surface area (Å²) in [6, 6.07) is 6.22. The van der Waals surface area contributed by atoms with Gasteiger partial charge in [-0.15, -0.1) is 0 Å². The van der Waals surface area contributed by atoms with Gasteiger partial charge in [-0.1, -0.05) is 13.0 Å². The van der Waals surface area contributed by atoms with Crippen LogP contribution in [-0.2, 0) is 6.42 Å². The molecule has 0 atom stereocenters. The van der Waals surface area contributed by atoms with Gasteiger partial charge in [-0.05, 0) is 24.1 Å². The van der Waals surface area contributed by atoms with E-state index in [2.05, 4.69) is 19.1 Å². The van der Waals surface area contributed by atoms with E-state index in [1.54, 1.807) is 0 Å². The highest BCUT2D eigenvalue weighted by Crippen LogP contribution is 2.22. The number of nitrogens with two attached hydrogens (primary N) is 1. The molecule has 0 aliphatic heterocycles. The SMILES string of the molecule is CCc1ccc(N(C)C)c(N)c1. The molecule has 0 unspecified atom stereocenters. The van der Waals surface area contributed by atoms with Crippen LogP contribution in [0.3, 0.4) is 0 Å². The van der Waals surface area contributed by atoms with Crippen molar-refractivity contribution in [2.75, 3.05) is 24.7 Å². The van der Waals surface area contributed by atoms with Crippen LogP contribution in [0.25, 0.3) is 0 Å². The number of benzene rings is 1. The van der Waals surface area contributed by atoms with Gasteiger partial charge in [0.05, 0.1) is 11.4 Å². The van der Waals surface area contributed by atoms with Gasteiger partial charge in [0, 0.05) is 14.1 Å². The fourth-order valence-electron chi connectivity index (χ4n) is 1.23. The van der Waals surface area contributed by atoms with Gasteiger partial charge >= 0.3 is 0 Å². The molecule has 2 nitrogen and oxygen atoms in total. The predicted octanol–water partition coefficient (Wildman–Crippen LogP) is 1.90. The second kappa shape index (κ2) is 3.48. The first kappa shape index (κ1) is 8.91. The van der Waals surface area contributed by atoms with E-state index in [1.807, 2.05) is 25.1 Å². The van der Waals surface area contributed by atoms with E-state index in [0.717, 1.165) is 17.8 Å². The Morgan fingerprint density at radius 2 is 2.00 bits per heavy atom. The first-order valence-electron chi connectivity index (χ1n) is 4.21. The zero-order valence-corrected chi connectivity index (χ0v) is 7.96. The Balaban J connectivity index is 3.03. The Morgan fingerprint density at radius 1 is 1.33 bits per heavy atom. The summed E-state index contributed by atoms with van der Waals surface area (Å²) in [5, 5.41) is 0. The lowest BCUT2D eigenvalue weighted by atomic mass is 10.1. The van der Waals surface area contributed by atoms with E-state index >= 15 is 0 Å². The van der Waals surface area contributed by atoms with Crippen LogP contribution in [0.4, 0.5) is 11.4 Å². The molecule has 0 spiro atoms. The number of rotatable bonds is 2. The minimum atomic E-state index is 0.861. The monoisotopic (exact) mass is 164 g/mol. The minimum absolute atomic E-state index is 0.861. The lowest BCUT2D eigenvalue weighted by molar-refractivity contribution is 1.11. The summed E-state index contributed by atoms with van der Waals surface area (Å²) in [6.45, 7) is 2.13. The molecular weight excluding hydrogens is 148 g/mol. The standard InChI is InChI=1S/C10H16N2/c1-4-8-5-6-10(12(2)3)9(11)7-8/h5-7H,4,11H2,1-3H3. The van der Waals surface area contributed by atoms with Crippen LogP contribution in [0.5, 0.6) is 0 Å². The molecule has 66 valence electrons. The molecule has 0 aliphatic rings. The zero-order valence-electron chi connectivity index (χ0n) is 7.96. The van der Waals surface area contributed by atoms with Crippen LogP contribution in [0.2, 0.25) is 0 Å². The van der Waals surface area contributed by atoms with Gasteiger partial charge in [0.2, 0.25) is 0 Å².